The van der Waals surface area contributed by atoms with Crippen molar-refractivity contribution in [1.82, 2.24) is 4.98 Å². The van der Waals surface area contributed by atoms with Crippen LogP contribution in [0.25, 0.3) is 0 Å². The van der Waals surface area contributed by atoms with Gasteiger partial charge in [0.15, 0.2) is 5.13 Å². The van der Waals surface area contributed by atoms with E-state index in [0.29, 0.717) is 22.3 Å². The number of esters is 1. The summed E-state index contributed by atoms with van der Waals surface area (Å²) in [5.41, 5.74) is 2.89. The normalized spacial score (nSPS) is 10.4. The summed E-state index contributed by atoms with van der Waals surface area (Å²) in [5, 5.41) is 3.07. The molecule has 1 heterocycles. The Labute approximate surface area is 151 Å². The number of thiazole rings is 1. The third-order valence-corrected chi connectivity index (χ3v) is 4.63. The van der Waals surface area contributed by atoms with Crippen molar-refractivity contribution in [3.63, 3.8) is 0 Å². The Morgan fingerprint density at radius 2 is 1.96 bits per heavy atom. The van der Waals surface area contributed by atoms with Gasteiger partial charge in [-0.25, -0.2) is 9.78 Å². The summed E-state index contributed by atoms with van der Waals surface area (Å²) in [6.45, 7) is 8.07. The van der Waals surface area contributed by atoms with Crippen LogP contribution in [0.2, 0.25) is 0 Å². The first-order valence-corrected chi connectivity index (χ1v) is 8.86. The third kappa shape index (κ3) is 5.29. The molecule has 1 amide bonds. The van der Waals surface area contributed by atoms with E-state index in [0.717, 1.165) is 22.6 Å². The molecule has 2 rings (SSSR count). The number of aryl methyl sites for hydroxylation is 3. The van der Waals surface area contributed by atoms with Crippen molar-refractivity contribution < 1.29 is 19.1 Å². The van der Waals surface area contributed by atoms with Crippen LogP contribution < -0.4 is 10.1 Å². The lowest BCUT2D eigenvalue weighted by molar-refractivity contribution is -0.116. The number of benzene rings is 1. The molecule has 1 aromatic heterocycles. The predicted octanol–water partition coefficient (Wildman–Crippen LogP) is 3.65. The highest BCUT2D eigenvalue weighted by molar-refractivity contribution is 7.17. The van der Waals surface area contributed by atoms with E-state index in [1.807, 2.05) is 32.0 Å². The van der Waals surface area contributed by atoms with Gasteiger partial charge < -0.3 is 14.8 Å². The van der Waals surface area contributed by atoms with Gasteiger partial charge in [0.1, 0.15) is 10.6 Å². The van der Waals surface area contributed by atoms with Crippen molar-refractivity contribution >= 4 is 28.3 Å². The second kappa shape index (κ2) is 8.62. The van der Waals surface area contributed by atoms with Gasteiger partial charge in [-0.15, -0.1) is 0 Å². The second-order valence-electron chi connectivity index (χ2n) is 5.55. The van der Waals surface area contributed by atoms with Gasteiger partial charge in [0.25, 0.3) is 0 Å². The molecular weight excluding hydrogens is 340 g/mol. The second-order valence-corrected chi connectivity index (χ2v) is 6.55. The number of carbonyl (C=O) groups is 2. The van der Waals surface area contributed by atoms with E-state index in [9.17, 15) is 9.59 Å². The molecule has 0 atom stereocenters. The molecule has 0 radical (unpaired) electrons. The fourth-order valence-electron chi connectivity index (χ4n) is 2.08. The Hall–Kier alpha value is -2.41. The molecule has 0 aliphatic carbocycles. The maximum atomic E-state index is 12.0. The van der Waals surface area contributed by atoms with E-state index in [4.69, 9.17) is 9.47 Å². The van der Waals surface area contributed by atoms with Crippen LogP contribution in [0.4, 0.5) is 5.13 Å². The maximum Gasteiger partial charge on any atom is 0.350 e. The third-order valence-electron chi connectivity index (χ3n) is 3.58. The Morgan fingerprint density at radius 3 is 2.64 bits per heavy atom. The zero-order valence-electron chi connectivity index (χ0n) is 14.8. The Morgan fingerprint density at radius 1 is 1.20 bits per heavy atom. The number of amides is 1. The fourth-order valence-corrected chi connectivity index (χ4v) is 2.96. The highest BCUT2D eigenvalue weighted by Gasteiger charge is 2.17. The average Bonchev–Trinajstić information content (AvgIpc) is 2.91. The highest BCUT2D eigenvalue weighted by atomic mass is 32.1. The first-order chi connectivity index (χ1) is 11.9. The molecule has 0 aliphatic heterocycles. The van der Waals surface area contributed by atoms with Crippen molar-refractivity contribution in [2.24, 2.45) is 0 Å². The van der Waals surface area contributed by atoms with Crippen molar-refractivity contribution in [3.05, 3.63) is 39.9 Å². The summed E-state index contributed by atoms with van der Waals surface area (Å²) < 4.78 is 10.6. The minimum Gasteiger partial charge on any atom is -0.493 e. The van der Waals surface area contributed by atoms with Gasteiger partial charge in [0.05, 0.1) is 25.3 Å². The number of anilines is 1. The summed E-state index contributed by atoms with van der Waals surface area (Å²) in [6, 6.07) is 5.82. The topological polar surface area (TPSA) is 77.5 Å². The number of nitrogens with zero attached hydrogens (tertiary/aromatic N) is 1. The zero-order chi connectivity index (χ0) is 18.4. The predicted molar refractivity (Wildman–Crippen MR) is 97.5 cm³/mol. The lowest BCUT2D eigenvalue weighted by atomic mass is 10.1. The highest BCUT2D eigenvalue weighted by Crippen LogP contribution is 2.23. The molecule has 0 unspecified atom stereocenters. The lowest BCUT2D eigenvalue weighted by Crippen LogP contribution is -2.15. The SMILES string of the molecule is CCOC(=O)c1sc(NC(=O)CCOc2ccc(C)c(C)c2)nc1C. The van der Waals surface area contributed by atoms with Crippen molar-refractivity contribution in [2.75, 3.05) is 18.5 Å². The minimum atomic E-state index is -0.420. The van der Waals surface area contributed by atoms with Gasteiger partial charge in [-0.1, -0.05) is 17.4 Å². The summed E-state index contributed by atoms with van der Waals surface area (Å²) in [6.07, 6.45) is 0.195. The van der Waals surface area contributed by atoms with Crippen LogP contribution in [0, 0.1) is 20.8 Å². The minimum absolute atomic E-state index is 0.195. The van der Waals surface area contributed by atoms with Crippen molar-refractivity contribution in [1.29, 1.82) is 0 Å². The number of hydrogen-bond donors (Lipinski definition) is 1. The Bertz CT molecular complexity index is 770. The van der Waals surface area contributed by atoms with Crippen LogP contribution >= 0.6 is 11.3 Å². The molecule has 1 aromatic carbocycles. The Balaban J connectivity index is 1.85. The van der Waals surface area contributed by atoms with Crippen LogP contribution in [-0.2, 0) is 9.53 Å². The van der Waals surface area contributed by atoms with Crippen LogP contribution in [0.5, 0.6) is 5.75 Å². The molecular formula is C18H22N2O4S. The van der Waals surface area contributed by atoms with Crippen LogP contribution in [0.1, 0.15) is 39.8 Å². The van der Waals surface area contributed by atoms with Crippen LogP contribution in [-0.4, -0.2) is 30.1 Å². The number of aromatic nitrogens is 1. The first-order valence-electron chi connectivity index (χ1n) is 8.05. The standard InChI is InChI=1S/C18H22N2O4S/c1-5-23-17(22)16-13(4)19-18(25-16)20-15(21)8-9-24-14-7-6-11(2)12(3)10-14/h6-7,10H,5,8-9H2,1-4H3,(H,19,20,21). The molecule has 0 spiro atoms. The summed E-state index contributed by atoms with van der Waals surface area (Å²) in [4.78, 5) is 28.4. The van der Waals surface area contributed by atoms with Crippen molar-refractivity contribution in [3.8, 4) is 5.75 Å². The van der Waals surface area contributed by atoms with Gasteiger partial charge in [-0.2, -0.15) is 0 Å². The van der Waals surface area contributed by atoms with Gasteiger partial charge >= 0.3 is 5.97 Å². The van der Waals surface area contributed by atoms with E-state index in [1.165, 1.54) is 5.56 Å². The van der Waals surface area contributed by atoms with E-state index < -0.39 is 5.97 Å². The zero-order valence-corrected chi connectivity index (χ0v) is 15.7. The van der Waals surface area contributed by atoms with E-state index in [-0.39, 0.29) is 18.9 Å². The smallest absolute Gasteiger partial charge is 0.350 e. The van der Waals surface area contributed by atoms with E-state index in [1.54, 1.807) is 13.8 Å². The van der Waals surface area contributed by atoms with Crippen LogP contribution in [0.15, 0.2) is 18.2 Å². The largest absolute Gasteiger partial charge is 0.493 e. The molecule has 0 bridgehead atoms. The molecule has 7 heteroatoms. The molecule has 6 nitrogen and oxygen atoms in total. The maximum absolute atomic E-state index is 12.0. The Kier molecular flexibility index (Phi) is 6.52. The van der Waals surface area contributed by atoms with E-state index in [2.05, 4.69) is 10.3 Å². The summed E-state index contributed by atoms with van der Waals surface area (Å²) in [5.74, 6) is 0.106. The summed E-state index contributed by atoms with van der Waals surface area (Å²) in [7, 11) is 0. The quantitative estimate of drug-likeness (QED) is 0.761. The number of ether oxygens (including phenoxy) is 2. The molecule has 25 heavy (non-hydrogen) atoms. The van der Waals surface area contributed by atoms with Gasteiger partial charge in [0.2, 0.25) is 5.91 Å². The van der Waals surface area contributed by atoms with Crippen LogP contribution in [0.3, 0.4) is 0 Å². The van der Waals surface area contributed by atoms with Gasteiger partial charge in [-0.3, -0.25) is 4.79 Å². The van der Waals surface area contributed by atoms with Gasteiger partial charge in [0, 0.05) is 0 Å². The van der Waals surface area contributed by atoms with Crippen molar-refractivity contribution in [2.45, 2.75) is 34.1 Å². The van der Waals surface area contributed by atoms with E-state index >= 15 is 0 Å². The number of nitrogens with one attached hydrogen (secondary N) is 1. The first kappa shape index (κ1) is 18.9. The summed E-state index contributed by atoms with van der Waals surface area (Å²) >= 11 is 1.11. The molecule has 0 saturated heterocycles. The molecule has 0 saturated carbocycles. The lowest BCUT2D eigenvalue weighted by Gasteiger charge is -2.08. The number of rotatable bonds is 7. The molecule has 2 aromatic rings. The molecule has 1 N–H and O–H groups in total. The number of hydrogen-bond acceptors (Lipinski definition) is 6. The average molecular weight is 362 g/mol. The van der Waals surface area contributed by atoms with Gasteiger partial charge in [-0.05, 0) is 51.0 Å². The molecule has 0 aliphatic rings. The fraction of sp³-hybridized carbons (Fsp3) is 0.389. The molecule has 0 fully saturated rings. The monoisotopic (exact) mass is 362 g/mol. The molecule has 134 valence electrons. The number of carbonyl (C=O) groups excluding carboxylic acids is 2.